The Hall–Kier alpha value is 2.24. The lowest BCUT2D eigenvalue weighted by Gasteiger charge is -2.14. The molecule has 0 nitrogen and oxygen atoms in total. The van der Waals surface area contributed by atoms with Crippen LogP contribution in [0.25, 0.3) is 48.8 Å². The van der Waals surface area contributed by atoms with Crippen molar-refractivity contribution in [1.29, 1.82) is 0 Å². The van der Waals surface area contributed by atoms with Crippen LogP contribution in [0.4, 0.5) is 0 Å². The van der Waals surface area contributed by atoms with E-state index < -0.39 is 0 Å². The second kappa shape index (κ2) is 34.0. The van der Waals surface area contributed by atoms with Gasteiger partial charge in [0, 0.05) is 58.6 Å². The van der Waals surface area contributed by atoms with E-state index in [0.29, 0.717) is 0 Å². The lowest BCUT2D eigenvalue weighted by Crippen LogP contribution is -1.84. The largest absolute Gasteiger partial charge is 0.139 e. The van der Waals surface area contributed by atoms with Gasteiger partial charge in [0.15, 0.2) is 0 Å². The van der Waals surface area contributed by atoms with E-state index in [4.69, 9.17) is 0 Å². The van der Waals surface area contributed by atoms with Gasteiger partial charge in [0.1, 0.15) is 0 Å². The molecule has 6 aliphatic rings. The van der Waals surface area contributed by atoms with E-state index in [1.165, 1.54) is 260 Å². The van der Waals surface area contributed by atoms with Gasteiger partial charge in [-0.15, -0.1) is 115 Å². The first-order chi connectivity index (χ1) is 42.3. The van der Waals surface area contributed by atoms with Crippen LogP contribution >= 0.6 is 256 Å². The number of rotatable bonds is 31. The normalized spacial score (nSPS) is 16.9. The summed E-state index contributed by atoms with van der Waals surface area (Å²) in [6.45, 7) is 4.63. The van der Waals surface area contributed by atoms with Gasteiger partial charge in [0.25, 0.3) is 0 Å². The molecule has 12 rings (SSSR count). The first-order valence-corrected chi connectivity index (χ1v) is 49.4. The average Bonchev–Trinajstić information content (AvgIpc) is 1.74. The SMILES string of the molecule is CCCCCCCCCCCCc1ccc(-c2sc(-c3ccc(-c4ccc(-c5sc(-c6ccc(CCCCCCCCCCCC)s6)c6c5SC5=C(SC(=C7SC(SC)=C(SC)S7)S5)S6)s4)s3)c3c2SC2=C(SC(=C4SC(SC)=C(SC)S4)S2)S3)s1. The van der Waals surface area contributed by atoms with Crippen molar-refractivity contribution < 1.29 is 0 Å². The topological polar surface area (TPSA) is 0 Å². The van der Waals surface area contributed by atoms with Crippen LogP contribution in [0.5, 0.6) is 0 Å². The van der Waals surface area contributed by atoms with E-state index in [0.717, 1.165) is 0 Å². The van der Waals surface area contributed by atoms with Crippen molar-refractivity contribution in [3.63, 3.8) is 0 Å². The van der Waals surface area contributed by atoms with Crippen molar-refractivity contribution in [2.45, 2.75) is 175 Å². The molecule has 0 aliphatic carbocycles. The summed E-state index contributed by atoms with van der Waals surface area (Å²) in [5, 5.41) is 0. The van der Waals surface area contributed by atoms with Crippen molar-refractivity contribution in [3.8, 4) is 48.8 Å². The molecule has 0 N–H and O–H groups in total. The third kappa shape index (κ3) is 16.6. The van der Waals surface area contributed by atoms with Crippen molar-refractivity contribution in [2.24, 2.45) is 0 Å². The van der Waals surface area contributed by atoms with E-state index in [1.54, 1.807) is 9.75 Å². The van der Waals surface area contributed by atoms with Gasteiger partial charge in [0.2, 0.25) is 0 Å². The van der Waals surface area contributed by atoms with Crippen LogP contribution in [-0.4, -0.2) is 25.0 Å². The van der Waals surface area contributed by atoms with Gasteiger partial charge in [-0.05, 0) is 99.2 Å². The molecule has 6 aromatic rings. The molecule has 0 fully saturated rings. The highest BCUT2D eigenvalue weighted by molar-refractivity contribution is 8.46. The predicted octanol–water partition coefficient (Wildman–Crippen LogP) is 31.8. The predicted molar refractivity (Wildman–Crippen MR) is 432 cm³/mol. The number of thioether (sulfide) groups is 16. The maximum atomic E-state index is 2.46. The van der Waals surface area contributed by atoms with Crippen LogP contribution in [0, 0.1) is 0 Å². The summed E-state index contributed by atoms with van der Waals surface area (Å²) in [7, 11) is 0. The monoisotopic (exact) mass is 1540 g/mol. The second-order valence-corrected chi connectivity index (χ2v) is 46.2. The van der Waals surface area contributed by atoms with Gasteiger partial charge >= 0.3 is 0 Å². The quantitative estimate of drug-likeness (QED) is 0.0379. The summed E-state index contributed by atoms with van der Waals surface area (Å²) < 4.78 is 17.5. The molecule has 0 bridgehead atoms. The molecule has 0 atom stereocenters. The minimum absolute atomic E-state index is 1.20. The molecule has 0 spiro atoms. The molecule has 0 aromatic carbocycles. The van der Waals surface area contributed by atoms with Crippen LogP contribution in [0.15, 0.2) is 119 Å². The molecule has 0 amide bonds. The van der Waals surface area contributed by atoms with Crippen LogP contribution in [-0.2, 0) is 12.8 Å². The Bertz CT molecular complexity index is 3290. The van der Waals surface area contributed by atoms with Crippen LogP contribution < -0.4 is 0 Å². The zero-order valence-corrected chi connectivity index (χ0v) is 67.1. The Morgan fingerprint density at radius 3 is 0.791 bits per heavy atom. The van der Waals surface area contributed by atoms with Crippen LogP contribution in [0.3, 0.4) is 0 Å². The van der Waals surface area contributed by atoms with E-state index in [2.05, 4.69) is 180 Å². The Morgan fingerprint density at radius 2 is 0.488 bits per heavy atom. The zero-order valence-electron chi connectivity index (χ0n) is 49.2. The van der Waals surface area contributed by atoms with Crippen LogP contribution in [0.2, 0.25) is 0 Å². The fraction of sp³-hybridized carbons (Fsp3) is 0.438. The lowest BCUT2D eigenvalue weighted by molar-refractivity contribution is 0.557. The van der Waals surface area contributed by atoms with Crippen molar-refractivity contribution in [2.75, 3.05) is 25.0 Å². The summed E-state index contributed by atoms with van der Waals surface area (Å²) in [6.07, 6.45) is 39.0. The van der Waals surface area contributed by atoms with Crippen molar-refractivity contribution >= 4 is 256 Å². The number of unbranched alkanes of at least 4 members (excludes halogenated alkanes) is 18. The Kier molecular flexibility index (Phi) is 26.9. The third-order valence-electron chi connectivity index (χ3n) is 14.9. The third-order valence-corrected chi connectivity index (χ3v) is 46.0. The second-order valence-electron chi connectivity index (χ2n) is 21.1. The molecule has 0 saturated carbocycles. The highest BCUT2D eigenvalue weighted by Gasteiger charge is 2.39. The van der Waals surface area contributed by atoms with Gasteiger partial charge < -0.3 is 0 Å². The first-order valence-electron chi connectivity index (χ1n) is 29.8. The standard InChI is InChI=1S/C64H70S22/c1-7-9-11-13-15-17-19-21-23-25-27-37-29-31-41(69-37)45-49-51(77-59-57(75-49)83-63(85-59)61-79-53(65-3)54(66-4)80-61)47(73-45)43-35-33-39(71-43)40-34-36-44(72-40)48-52-50(76-58-60(78-52)86-64(84-58)62-81-55(67-5)56(68-6)82-62)46(74-48)42-32-30-38(70-42)28-26-24-22-20-18-16-14-12-10-8-2/h29-36H,7-28H2,1-6H3. The minimum Gasteiger partial charge on any atom is -0.139 e. The molecular formula is C64H70S22. The fourth-order valence-electron chi connectivity index (χ4n) is 10.4. The average molecular weight is 1540 g/mol. The summed E-state index contributed by atoms with van der Waals surface area (Å²) in [5.41, 5.74) is 0. The number of thiophene rings is 6. The molecule has 0 unspecified atom stereocenters. The van der Waals surface area contributed by atoms with E-state index in [1.807, 2.05) is 164 Å². The highest BCUT2D eigenvalue weighted by Crippen LogP contribution is 2.74. The Labute approximate surface area is 605 Å². The molecule has 0 radical (unpaired) electrons. The molecule has 458 valence electrons. The fourth-order valence-corrected chi connectivity index (χ4v) is 41.2. The maximum Gasteiger partial charge on any atom is 0.0718 e. The minimum atomic E-state index is 1.20. The molecule has 6 aromatic heterocycles. The van der Waals surface area contributed by atoms with Gasteiger partial charge in [-0.3, -0.25) is 0 Å². The highest BCUT2D eigenvalue weighted by atomic mass is 32.3. The van der Waals surface area contributed by atoms with E-state index in [-0.39, 0.29) is 0 Å². The van der Waals surface area contributed by atoms with Gasteiger partial charge in [0.05, 0.1) is 70.4 Å². The summed E-state index contributed by atoms with van der Waals surface area (Å²) in [5.74, 6) is 0. The molecule has 0 saturated heterocycles. The van der Waals surface area contributed by atoms with E-state index in [9.17, 15) is 0 Å². The lowest BCUT2D eigenvalue weighted by atomic mass is 10.1. The Morgan fingerprint density at radius 1 is 0.244 bits per heavy atom. The zero-order chi connectivity index (χ0) is 58.9. The number of fused-ring (bicyclic) bond motifs is 2. The summed E-state index contributed by atoms with van der Waals surface area (Å²) >= 11 is 44.1. The molecule has 6 aliphatic heterocycles. The smallest absolute Gasteiger partial charge is 0.0718 e. The van der Waals surface area contributed by atoms with Crippen molar-refractivity contribution in [3.05, 3.63) is 109 Å². The first kappa shape index (κ1) is 68.2. The number of hydrogen-bond donors (Lipinski definition) is 0. The van der Waals surface area contributed by atoms with Crippen LogP contribution in [0.1, 0.15) is 152 Å². The summed E-state index contributed by atoms with van der Waals surface area (Å²) in [6, 6.07) is 19.6. The van der Waals surface area contributed by atoms with Gasteiger partial charge in [-0.1, -0.05) is 271 Å². The van der Waals surface area contributed by atoms with Gasteiger partial charge in [-0.25, -0.2) is 0 Å². The number of aryl methyl sites for hydroxylation is 2. The number of hydrogen-bond acceptors (Lipinski definition) is 22. The molecule has 86 heavy (non-hydrogen) atoms. The van der Waals surface area contributed by atoms with Crippen molar-refractivity contribution in [1.82, 2.24) is 0 Å². The molecular weight excluding hydrogens is 1470 g/mol. The summed E-state index contributed by atoms with van der Waals surface area (Å²) in [4.78, 5) is 23.2. The maximum absolute atomic E-state index is 2.46. The van der Waals surface area contributed by atoms with E-state index >= 15 is 0 Å². The van der Waals surface area contributed by atoms with Gasteiger partial charge in [-0.2, -0.15) is 0 Å². The molecule has 22 heteroatoms. The molecule has 12 heterocycles. The Balaban J connectivity index is 0.786.